The fourth-order valence-corrected chi connectivity index (χ4v) is 2.72. The van der Waals surface area contributed by atoms with E-state index in [9.17, 15) is 0 Å². The molecule has 7 nitrogen and oxygen atoms in total. The van der Waals surface area contributed by atoms with Gasteiger partial charge in [0.2, 0.25) is 5.89 Å². The van der Waals surface area contributed by atoms with Crippen molar-refractivity contribution < 1.29 is 4.42 Å². The van der Waals surface area contributed by atoms with Gasteiger partial charge >= 0.3 is 0 Å². The molecule has 1 aromatic carbocycles. The van der Waals surface area contributed by atoms with Gasteiger partial charge in [0, 0.05) is 24.1 Å². The highest BCUT2D eigenvalue weighted by molar-refractivity contribution is 6.35. The largest absolute Gasteiger partial charge is 0.420 e. The first-order valence-electron chi connectivity index (χ1n) is 7.09. The highest BCUT2D eigenvalue weighted by Gasteiger charge is 2.18. The van der Waals surface area contributed by atoms with Gasteiger partial charge in [0.25, 0.3) is 5.89 Å². The van der Waals surface area contributed by atoms with E-state index in [1.807, 2.05) is 18.2 Å². The number of aryl methyl sites for hydroxylation is 1. The minimum absolute atomic E-state index is 0.254. The van der Waals surface area contributed by atoms with Crippen LogP contribution < -0.4 is 5.73 Å². The molecule has 4 aromatic rings. The number of halogens is 1. The van der Waals surface area contributed by atoms with Crippen LogP contribution in [0.15, 0.2) is 41.1 Å². The Labute approximate surface area is 141 Å². The summed E-state index contributed by atoms with van der Waals surface area (Å²) in [4.78, 5) is 13.0. The van der Waals surface area contributed by atoms with Crippen molar-refractivity contribution in [2.24, 2.45) is 0 Å². The topological polar surface area (TPSA) is 104 Å². The Kier molecular flexibility index (Phi) is 3.35. The zero-order valence-electron chi connectivity index (χ0n) is 12.6. The molecule has 0 spiro atoms. The number of pyridine rings is 1. The predicted octanol–water partition coefficient (Wildman–Crippen LogP) is 3.29. The van der Waals surface area contributed by atoms with E-state index in [-0.39, 0.29) is 11.7 Å². The van der Waals surface area contributed by atoms with Gasteiger partial charge in [-0.2, -0.15) is 0 Å². The quantitative estimate of drug-likeness (QED) is 0.598. The average molecular weight is 339 g/mol. The Hall–Kier alpha value is -3.06. The van der Waals surface area contributed by atoms with Crippen molar-refractivity contribution >= 4 is 28.3 Å². The van der Waals surface area contributed by atoms with E-state index in [1.54, 1.807) is 19.2 Å². The van der Waals surface area contributed by atoms with Crippen molar-refractivity contribution in [1.29, 1.82) is 0 Å². The Morgan fingerprint density at radius 3 is 2.79 bits per heavy atom. The third kappa shape index (κ3) is 2.44. The van der Waals surface area contributed by atoms with Gasteiger partial charge in [-0.3, -0.25) is 4.98 Å². The van der Waals surface area contributed by atoms with E-state index in [0.29, 0.717) is 22.3 Å². The second-order valence-corrected chi connectivity index (χ2v) is 5.56. The van der Waals surface area contributed by atoms with Crippen LogP contribution in [0.2, 0.25) is 5.02 Å². The zero-order chi connectivity index (χ0) is 16.7. The summed E-state index contributed by atoms with van der Waals surface area (Å²) in [7, 11) is 0. The van der Waals surface area contributed by atoms with Crippen LogP contribution in [0.4, 0.5) is 5.82 Å². The van der Waals surface area contributed by atoms with E-state index >= 15 is 0 Å². The van der Waals surface area contributed by atoms with Gasteiger partial charge in [0.05, 0.1) is 16.7 Å². The summed E-state index contributed by atoms with van der Waals surface area (Å²) in [5.74, 6) is 0.948. The number of nitrogens with two attached hydrogens (primary N) is 1. The monoisotopic (exact) mass is 338 g/mol. The Bertz CT molecular complexity index is 1060. The highest BCUT2D eigenvalue weighted by Crippen LogP contribution is 2.33. The molecule has 0 saturated carbocycles. The second-order valence-electron chi connectivity index (χ2n) is 5.15. The number of hydrogen-bond acceptors (Lipinski definition) is 7. The minimum atomic E-state index is 0.254. The fraction of sp³-hybridized carbons (Fsp3) is 0.0625. The van der Waals surface area contributed by atoms with Gasteiger partial charge in [-0.05, 0) is 18.2 Å². The summed E-state index contributed by atoms with van der Waals surface area (Å²) in [6.07, 6.45) is 3.17. The van der Waals surface area contributed by atoms with Crippen molar-refractivity contribution in [3.05, 3.63) is 47.6 Å². The summed E-state index contributed by atoms with van der Waals surface area (Å²) in [5.41, 5.74) is 8.23. The van der Waals surface area contributed by atoms with E-state index < -0.39 is 0 Å². The zero-order valence-corrected chi connectivity index (χ0v) is 13.3. The fourth-order valence-electron chi connectivity index (χ4n) is 2.44. The first-order valence-corrected chi connectivity index (χ1v) is 7.47. The number of nitrogen functional groups attached to an aromatic ring is 1. The number of rotatable bonds is 2. The number of aromatic nitrogens is 5. The molecule has 3 heterocycles. The minimum Gasteiger partial charge on any atom is -0.420 e. The summed E-state index contributed by atoms with van der Waals surface area (Å²) in [5, 5.41) is 9.26. The molecule has 118 valence electrons. The molecule has 0 aliphatic carbocycles. The second kappa shape index (κ2) is 5.54. The normalized spacial score (nSPS) is 11.1. The van der Waals surface area contributed by atoms with E-state index in [4.69, 9.17) is 21.8 Å². The third-order valence-electron chi connectivity index (χ3n) is 3.45. The number of anilines is 1. The van der Waals surface area contributed by atoms with Crippen molar-refractivity contribution in [1.82, 2.24) is 25.1 Å². The molecule has 2 N–H and O–H groups in total. The Balaban J connectivity index is 1.97. The Morgan fingerprint density at radius 1 is 1.12 bits per heavy atom. The lowest BCUT2D eigenvalue weighted by Gasteiger charge is -2.08. The maximum atomic E-state index is 6.36. The van der Waals surface area contributed by atoms with Gasteiger partial charge in [-0.25, -0.2) is 9.97 Å². The molecule has 0 fully saturated rings. The van der Waals surface area contributed by atoms with Gasteiger partial charge in [0.15, 0.2) is 5.69 Å². The van der Waals surface area contributed by atoms with Gasteiger partial charge < -0.3 is 10.2 Å². The van der Waals surface area contributed by atoms with Crippen LogP contribution in [-0.4, -0.2) is 25.1 Å². The Morgan fingerprint density at radius 2 is 2.00 bits per heavy atom. The van der Waals surface area contributed by atoms with Crippen LogP contribution in [0, 0.1) is 6.92 Å². The molecular formula is C16H11ClN6O. The maximum Gasteiger partial charge on any atom is 0.268 e. The smallest absolute Gasteiger partial charge is 0.268 e. The maximum absolute atomic E-state index is 6.36. The van der Waals surface area contributed by atoms with Crippen LogP contribution in [0.1, 0.15) is 5.89 Å². The van der Waals surface area contributed by atoms with Crippen LogP contribution >= 0.6 is 11.6 Å². The average Bonchev–Trinajstić information content (AvgIpc) is 3.01. The number of nitrogens with zero attached hydrogens (tertiary/aromatic N) is 5. The van der Waals surface area contributed by atoms with Crippen molar-refractivity contribution in [2.75, 3.05) is 5.73 Å². The van der Waals surface area contributed by atoms with E-state index in [0.717, 1.165) is 16.5 Å². The van der Waals surface area contributed by atoms with Crippen LogP contribution in [-0.2, 0) is 0 Å². The molecule has 0 saturated heterocycles. The van der Waals surface area contributed by atoms with Crippen molar-refractivity contribution in [3.63, 3.8) is 0 Å². The van der Waals surface area contributed by atoms with E-state index in [2.05, 4.69) is 25.1 Å². The van der Waals surface area contributed by atoms with Crippen molar-refractivity contribution in [3.8, 4) is 22.8 Å². The number of fused-ring (bicyclic) bond motifs is 1. The molecule has 0 atom stereocenters. The lowest BCUT2D eigenvalue weighted by molar-refractivity contribution is 0.531. The standard InChI is InChI=1S/C16H11ClN6O/c1-8-22-23-16(24-8)15-14(20-7-12(18)21-15)10-5-9-3-2-4-19-13(9)11(17)6-10/h2-7H,1H3,(H2,18,21). The molecular weight excluding hydrogens is 328 g/mol. The first-order chi connectivity index (χ1) is 11.6. The molecule has 0 unspecified atom stereocenters. The highest BCUT2D eigenvalue weighted by atomic mass is 35.5. The van der Waals surface area contributed by atoms with Crippen molar-refractivity contribution in [2.45, 2.75) is 6.92 Å². The molecule has 0 aliphatic rings. The molecule has 0 bridgehead atoms. The SMILES string of the molecule is Cc1nnc(-c2nc(N)cnc2-c2cc(Cl)c3ncccc3c2)o1. The van der Waals surface area contributed by atoms with Crippen LogP contribution in [0.5, 0.6) is 0 Å². The molecule has 8 heteroatoms. The molecule has 0 radical (unpaired) electrons. The molecule has 0 aliphatic heterocycles. The van der Waals surface area contributed by atoms with Crippen LogP contribution in [0.25, 0.3) is 33.7 Å². The van der Waals surface area contributed by atoms with E-state index in [1.165, 1.54) is 6.20 Å². The first kappa shape index (κ1) is 14.5. The molecule has 3 aromatic heterocycles. The summed E-state index contributed by atoms with van der Waals surface area (Å²) in [6.45, 7) is 1.70. The molecule has 0 amide bonds. The molecule has 24 heavy (non-hydrogen) atoms. The number of benzene rings is 1. The summed E-state index contributed by atoms with van der Waals surface area (Å²) in [6, 6.07) is 7.49. The molecule has 4 rings (SSSR count). The number of hydrogen-bond donors (Lipinski definition) is 1. The van der Waals surface area contributed by atoms with Gasteiger partial charge in [0.1, 0.15) is 11.5 Å². The lowest BCUT2D eigenvalue weighted by atomic mass is 10.1. The summed E-state index contributed by atoms with van der Waals surface area (Å²) >= 11 is 6.36. The van der Waals surface area contributed by atoms with Gasteiger partial charge in [-0.15, -0.1) is 10.2 Å². The third-order valence-corrected chi connectivity index (χ3v) is 3.74. The lowest BCUT2D eigenvalue weighted by Crippen LogP contribution is -1.98. The van der Waals surface area contributed by atoms with Gasteiger partial charge in [-0.1, -0.05) is 17.7 Å². The summed E-state index contributed by atoms with van der Waals surface area (Å²) < 4.78 is 5.48. The van der Waals surface area contributed by atoms with Crippen LogP contribution in [0.3, 0.4) is 0 Å². The predicted molar refractivity (Wildman–Crippen MR) is 90.2 cm³/mol.